The Kier molecular flexibility index (Phi) is 3.17. The molecule has 11 rings (SSSR count). The van der Waals surface area contributed by atoms with Crippen LogP contribution in [-0.4, -0.2) is 23.2 Å². The third kappa shape index (κ3) is 2.13. The highest BCUT2D eigenvalue weighted by Crippen LogP contribution is 2.50. The summed E-state index contributed by atoms with van der Waals surface area (Å²) in [6, 6.07) is 32.4. The fourth-order valence-electron chi connectivity index (χ4n) is 7.75. The first kappa shape index (κ1) is 20.5. The molecule has 0 aliphatic heterocycles. The fourth-order valence-corrected chi connectivity index (χ4v) is 7.75. The maximum absolute atomic E-state index is 6.46. The van der Waals surface area contributed by atoms with Crippen molar-refractivity contribution in [3.8, 4) is 11.1 Å². The number of aromatic nitrogens is 5. The highest BCUT2D eigenvalue weighted by atomic mass is 16.3. The average molecular weight is 528 g/mol. The minimum atomic E-state index is -0.0706. The van der Waals surface area contributed by atoms with Gasteiger partial charge >= 0.3 is 0 Å². The lowest BCUT2D eigenvalue weighted by molar-refractivity contribution is 0.661. The molecule has 1 aliphatic carbocycles. The predicted molar refractivity (Wildman–Crippen MR) is 163 cm³/mol. The van der Waals surface area contributed by atoms with Crippen molar-refractivity contribution in [1.29, 1.82) is 0 Å². The SMILES string of the molecule is CC1(C)c2ccccc2-c2cc3c(cc21)nc1n3c2cccc3c2n1c1nc2ccc4c5ccccc5oc4c2n31. The van der Waals surface area contributed by atoms with Crippen molar-refractivity contribution in [3.05, 3.63) is 102 Å². The highest BCUT2D eigenvalue weighted by molar-refractivity contribution is 6.15. The molecule has 0 unspecified atom stereocenters. The average Bonchev–Trinajstić information content (AvgIpc) is 3.79. The van der Waals surface area contributed by atoms with Crippen LogP contribution in [0.25, 0.3) is 83.2 Å². The van der Waals surface area contributed by atoms with Gasteiger partial charge in [0.15, 0.2) is 5.58 Å². The minimum absolute atomic E-state index is 0.0706. The summed E-state index contributed by atoms with van der Waals surface area (Å²) >= 11 is 0. The molecule has 0 fully saturated rings. The summed E-state index contributed by atoms with van der Waals surface area (Å²) < 4.78 is 13.2. The zero-order chi connectivity index (χ0) is 26.8. The molecule has 10 aromatic rings. The minimum Gasteiger partial charge on any atom is -0.454 e. The lowest BCUT2D eigenvalue weighted by Gasteiger charge is -2.21. The van der Waals surface area contributed by atoms with Gasteiger partial charge in [-0.05, 0) is 64.7 Å². The summed E-state index contributed by atoms with van der Waals surface area (Å²) in [5, 5.41) is 2.23. The van der Waals surface area contributed by atoms with Crippen LogP contribution < -0.4 is 0 Å². The molecule has 5 aromatic heterocycles. The number of rotatable bonds is 0. The van der Waals surface area contributed by atoms with Gasteiger partial charge < -0.3 is 4.42 Å². The van der Waals surface area contributed by atoms with Crippen molar-refractivity contribution in [3.63, 3.8) is 0 Å². The van der Waals surface area contributed by atoms with Crippen LogP contribution in [0.3, 0.4) is 0 Å². The fraction of sp³-hybridized carbons (Fsp3) is 0.0857. The first-order valence-electron chi connectivity index (χ1n) is 14.0. The van der Waals surface area contributed by atoms with E-state index in [1.165, 1.54) is 22.3 Å². The van der Waals surface area contributed by atoms with Crippen molar-refractivity contribution < 1.29 is 4.42 Å². The zero-order valence-corrected chi connectivity index (χ0v) is 22.3. The number of fused-ring (bicyclic) bond motifs is 17. The third-order valence-corrected chi connectivity index (χ3v) is 9.58. The highest BCUT2D eigenvalue weighted by Gasteiger charge is 2.36. The summed E-state index contributed by atoms with van der Waals surface area (Å²) in [6.45, 7) is 4.63. The number of para-hydroxylation sites is 2. The molecule has 5 heterocycles. The summed E-state index contributed by atoms with van der Waals surface area (Å²) in [5.74, 6) is 1.73. The summed E-state index contributed by atoms with van der Waals surface area (Å²) in [5.41, 5.74) is 14.4. The molecule has 41 heavy (non-hydrogen) atoms. The van der Waals surface area contributed by atoms with Crippen LogP contribution in [0.5, 0.6) is 0 Å². The number of imidazole rings is 4. The second-order valence-electron chi connectivity index (χ2n) is 11.9. The Morgan fingerprint density at radius 2 is 1.37 bits per heavy atom. The lowest BCUT2D eigenvalue weighted by atomic mass is 9.82. The topological polar surface area (TPSA) is 52.2 Å². The van der Waals surface area contributed by atoms with Gasteiger partial charge in [0.2, 0.25) is 11.6 Å². The Morgan fingerprint density at radius 1 is 0.585 bits per heavy atom. The molecule has 0 atom stereocenters. The van der Waals surface area contributed by atoms with Gasteiger partial charge in [0, 0.05) is 16.2 Å². The number of nitrogens with zero attached hydrogens (tertiary/aromatic N) is 5. The molecule has 192 valence electrons. The van der Waals surface area contributed by atoms with Crippen LogP contribution >= 0.6 is 0 Å². The van der Waals surface area contributed by atoms with Gasteiger partial charge in [0.25, 0.3) is 0 Å². The Morgan fingerprint density at radius 3 is 2.29 bits per heavy atom. The van der Waals surface area contributed by atoms with Crippen molar-refractivity contribution >= 4 is 72.1 Å². The van der Waals surface area contributed by atoms with Crippen molar-refractivity contribution in [1.82, 2.24) is 23.2 Å². The van der Waals surface area contributed by atoms with E-state index in [0.717, 1.165) is 72.1 Å². The van der Waals surface area contributed by atoms with Gasteiger partial charge in [-0.2, -0.15) is 0 Å². The van der Waals surface area contributed by atoms with E-state index in [0.29, 0.717) is 0 Å². The van der Waals surface area contributed by atoms with Crippen LogP contribution in [0, 0.1) is 0 Å². The van der Waals surface area contributed by atoms with Crippen molar-refractivity contribution in [2.75, 3.05) is 0 Å². The van der Waals surface area contributed by atoms with Crippen LogP contribution in [0.15, 0.2) is 95.4 Å². The Bertz CT molecular complexity index is 2780. The molecule has 6 nitrogen and oxygen atoms in total. The van der Waals surface area contributed by atoms with E-state index in [1.807, 2.05) is 12.1 Å². The number of hydrogen-bond acceptors (Lipinski definition) is 3. The van der Waals surface area contributed by atoms with Crippen molar-refractivity contribution in [2.45, 2.75) is 19.3 Å². The first-order valence-corrected chi connectivity index (χ1v) is 14.0. The molecule has 6 heteroatoms. The van der Waals surface area contributed by atoms with E-state index in [4.69, 9.17) is 14.4 Å². The summed E-state index contributed by atoms with van der Waals surface area (Å²) in [7, 11) is 0. The smallest absolute Gasteiger partial charge is 0.223 e. The summed E-state index contributed by atoms with van der Waals surface area (Å²) in [6.07, 6.45) is 0. The molecule has 1 aliphatic rings. The molecule has 0 saturated heterocycles. The van der Waals surface area contributed by atoms with Gasteiger partial charge in [-0.15, -0.1) is 0 Å². The van der Waals surface area contributed by atoms with Crippen LogP contribution in [0.2, 0.25) is 0 Å². The molecule has 0 radical (unpaired) electrons. The number of benzene rings is 5. The largest absolute Gasteiger partial charge is 0.454 e. The molecule has 0 spiro atoms. The number of furan rings is 1. The van der Waals surface area contributed by atoms with E-state index in [9.17, 15) is 0 Å². The summed E-state index contributed by atoms with van der Waals surface area (Å²) in [4.78, 5) is 10.5. The molecule has 0 N–H and O–H groups in total. The van der Waals surface area contributed by atoms with E-state index in [-0.39, 0.29) is 5.41 Å². The zero-order valence-electron chi connectivity index (χ0n) is 22.3. The molecule has 5 aromatic carbocycles. The van der Waals surface area contributed by atoms with Gasteiger partial charge in [-0.25, -0.2) is 14.4 Å². The molecular formula is C35H21N5O. The van der Waals surface area contributed by atoms with E-state index < -0.39 is 0 Å². The van der Waals surface area contributed by atoms with E-state index in [1.54, 1.807) is 0 Å². The normalized spacial score (nSPS) is 14.8. The Balaban J connectivity index is 1.32. The second-order valence-corrected chi connectivity index (χ2v) is 11.9. The van der Waals surface area contributed by atoms with Gasteiger partial charge in [0.05, 0.1) is 27.6 Å². The van der Waals surface area contributed by atoms with Gasteiger partial charge in [-0.1, -0.05) is 62.4 Å². The second kappa shape index (κ2) is 6.34. The van der Waals surface area contributed by atoms with Crippen LogP contribution in [0.1, 0.15) is 25.0 Å². The quantitative estimate of drug-likeness (QED) is 0.199. The first-order chi connectivity index (χ1) is 20.1. The maximum atomic E-state index is 6.46. The lowest BCUT2D eigenvalue weighted by Crippen LogP contribution is -2.14. The van der Waals surface area contributed by atoms with Crippen molar-refractivity contribution in [2.24, 2.45) is 0 Å². The van der Waals surface area contributed by atoms with E-state index in [2.05, 4.69) is 106 Å². The Labute approximate surface area is 232 Å². The van der Waals surface area contributed by atoms with E-state index >= 15 is 0 Å². The molecule has 0 bridgehead atoms. The predicted octanol–water partition coefficient (Wildman–Crippen LogP) is 8.34. The third-order valence-electron chi connectivity index (χ3n) is 9.58. The van der Waals surface area contributed by atoms with Gasteiger partial charge in [-0.3, -0.25) is 8.80 Å². The maximum Gasteiger partial charge on any atom is 0.223 e. The molecule has 0 amide bonds. The van der Waals surface area contributed by atoms with Gasteiger partial charge in [0.1, 0.15) is 16.6 Å². The standard InChI is InChI=1S/C35H21N5O/c1-35(2)22-10-5-3-8-18(22)21-16-28-25(17-23(21)35)37-33-38(28)26-11-7-12-27-31(26)40(33)34-36-24-15-14-20-19-9-4-6-13-29(19)41-32(20)30(24)39(27)34/h3-17H,1-2H3. The number of hydrogen-bond donors (Lipinski definition) is 0. The molecular weight excluding hydrogens is 506 g/mol. The Hall–Kier alpha value is -5.36. The molecule has 0 saturated carbocycles. The van der Waals surface area contributed by atoms with Crippen LogP contribution in [0.4, 0.5) is 0 Å². The monoisotopic (exact) mass is 527 g/mol. The van der Waals surface area contributed by atoms with Crippen LogP contribution in [-0.2, 0) is 5.41 Å².